The molecule has 9 nitrogen and oxygen atoms in total. The predicted molar refractivity (Wildman–Crippen MR) is 143 cm³/mol. The van der Waals surface area contributed by atoms with Crippen LogP contribution in [0.4, 0.5) is 10.2 Å². The number of nitrogens with two attached hydrogens (primary N) is 1. The fourth-order valence-corrected chi connectivity index (χ4v) is 4.88. The van der Waals surface area contributed by atoms with Crippen LogP contribution < -0.4 is 11.1 Å². The quantitative estimate of drug-likeness (QED) is 0.379. The molecule has 0 bridgehead atoms. The maximum absolute atomic E-state index is 13.4. The molecule has 0 spiro atoms. The molecule has 194 valence electrons. The van der Waals surface area contributed by atoms with Gasteiger partial charge in [-0.3, -0.25) is 9.59 Å². The van der Waals surface area contributed by atoms with E-state index >= 15 is 0 Å². The number of hydrogen-bond acceptors (Lipinski definition) is 6. The highest BCUT2D eigenvalue weighted by molar-refractivity contribution is 5.98. The Hall–Kier alpha value is -4.60. The van der Waals surface area contributed by atoms with Crippen molar-refractivity contribution in [1.29, 1.82) is 0 Å². The fourth-order valence-electron chi connectivity index (χ4n) is 4.88. The fraction of sp³-hybridized carbons (Fsp3) is 0.250. The first-order valence-corrected chi connectivity index (χ1v) is 12.4. The van der Waals surface area contributed by atoms with Crippen LogP contribution >= 0.6 is 0 Å². The lowest BCUT2D eigenvalue weighted by atomic mass is 10.1. The highest BCUT2D eigenvalue weighted by Gasteiger charge is 2.28. The molecule has 0 unspecified atom stereocenters. The van der Waals surface area contributed by atoms with Gasteiger partial charge in [-0.25, -0.2) is 19.0 Å². The first-order valence-electron chi connectivity index (χ1n) is 12.4. The molecular formula is C28H28FN7O2. The first kappa shape index (κ1) is 25.1. The van der Waals surface area contributed by atoms with E-state index in [2.05, 4.69) is 21.9 Å². The van der Waals surface area contributed by atoms with E-state index in [9.17, 15) is 14.0 Å². The number of likely N-dealkylation sites (tertiary alicyclic amines) is 1. The number of nitrogens with one attached hydrogen (secondary N) is 1. The van der Waals surface area contributed by atoms with Crippen LogP contribution in [0, 0.1) is 12.7 Å². The Kier molecular flexibility index (Phi) is 6.87. The van der Waals surface area contributed by atoms with Gasteiger partial charge in [-0.1, -0.05) is 30.8 Å². The number of anilines is 1. The topological polar surface area (TPSA) is 119 Å². The molecule has 3 N–H and O–H groups in total. The Morgan fingerprint density at radius 2 is 2.00 bits per heavy atom. The Morgan fingerprint density at radius 1 is 1.21 bits per heavy atom. The lowest BCUT2D eigenvalue weighted by Gasteiger charge is -2.32. The summed E-state index contributed by atoms with van der Waals surface area (Å²) >= 11 is 0. The van der Waals surface area contributed by atoms with Gasteiger partial charge in [-0.15, -0.1) is 0 Å². The Morgan fingerprint density at radius 3 is 2.74 bits per heavy atom. The third-order valence-corrected chi connectivity index (χ3v) is 6.86. The number of carbonyl (C=O) groups is 2. The lowest BCUT2D eigenvalue weighted by molar-refractivity contribution is -0.127. The van der Waals surface area contributed by atoms with Gasteiger partial charge in [0, 0.05) is 30.8 Å². The number of fused-ring (bicyclic) bond motifs is 1. The monoisotopic (exact) mass is 513 g/mol. The summed E-state index contributed by atoms with van der Waals surface area (Å²) in [4.78, 5) is 35.2. The molecule has 0 saturated carbocycles. The first-order chi connectivity index (χ1) is 18.4. The van der Waals surface area contributed by atoms with Crippen molar-refractivity contribution in [2.45, 2.75) is 32.4 Å². The highest BCUT2D eigenvalue weighted by atomic mass is 19.1. The molecule has 2 amide bonds. The minimum absolute atomic E-state index is 0.0531. The van der Waals surface area contributed by atoms with E-state index in [1.54, 1.807) is 11.8 Å². The van der Waals surface area contributed by atoms with Crippen molar-refractivity contribution in [3.05, 3.63) is 84.0 Å². The van der Waals surface area contributed by atoms with Gasteiger partial charge in [0.1, 0.15) is 23.7 Å². The number of carbonyl (C=O) groups excluding carboxylic acids is 2. The predicted octanol–water partition coefficient (Wildman–Crippen LogP) is 3.80. The van der Waals surface area contributed by atoms with Gasteiger partial charge in [0.05, 0.1) is 11.4 Å². The Balaban J connectivity index is 1.39. The number of aryl methyl sites for hydroxylation is 1. The summed E-state index contributed by atoms with van der Waals surface area (Å²) in [6.07, 6.45) is 4.45. The van der Waals surface area contributed by atoms with Gasteiger partial charge < -0.3 is 16.0 Å². The van der Waals surface area contributed by atoms with Crippen LogP contribution in [-0.2, 0) is 11.3 Å². The summed E-state index contributed by atoms with van der Waals surface area (Å²) in [6, 6.07) is 11.7. The van der Waals surface area contributed by atoms with Gasteiger partial charge in [0.2, 0.25) is 5.91 Å². The molecule has 1 saturated heterocycles. The van der Waals surface area contributed by atoms with Crippen molar-refractivity contribution >= 4 is 28.7 Å². The molecule has 2 aromatic carbocycles. The molecule has 38 heavy (non-hydrogen) atoms. The molecule has 5 rings (SSSR count). The van der Waals surface area contributed by atoms with E-state index in [1.165, 1.54) is 30.6 Å². The minimum Gasteiger partial charge on any atom is -0.383 e. The molecule has 0 aliphatic carbocycles. The van der Waals surface area contributed by atoms with Crippen LogP contribution in [0.5, 0.6) is 0 Å². The summed E-state index contributed by atoms with van der Waals surface area (Å²) in [7, 11) is 0. The van der Waals surface area contributed by atoms with Gasteiger partial charge in [-0.05, 0) is 55.2 Å². The number of hydrogen-bond donors (Lipinski definition) is 2. The highest BCUT2D eigenvalue weighted by Crippen LogP contribution is 2.33. The van der Waals surface area contributed by atoms with Crippen LogP contribution in [0.25, 0.3) is 22.3 Å². The summed E-state index contributed by atoms with van der Waals surface area (Å²) in [5, 5.41) is 8.43. The number of nitrogen functional groups attached to an aromatic ring is 1. The van der Waals surface area contributed by atoms with Crippen molar-refractivity contribution in [1.82, 2.24) is 30.0 Å². The van der Waals surface area contributed by atoms with Crippen molar-refractivity contribution in [3.63, 3.8) is 0 Å². The number of nitrogens with zero attached hydrogens (tertiary/aromatic N) is 5. The van der Waals surface area contributed by atoms with Crippen LogP contribution in [0.3, 0.4) is 0 Å². The molecular weight excluding hydrogens is 485 g/mol. The maximum atomic E-state index is 13.4. The molecule has 1 fully saturated rings. The third kappa shape index (κ3) is 4.84. The van der Waals surface area contributed by atoms with E-state index < -0.39 is 0 Å². The zero-order chi connectivity index (χ0) is 26.8. The summed E-state index contributed by atoms with van der Waals surface area (Å²) < 4.78 is 15.2. The van der Waals surface area contributed by atoms with E-state index in [4.69, 9.17) is 10.8 Å². The molecule has 4 aromatic rings. The van der Waals surface area contributed by atoms with E-state index in [0.717, 1.165) is 24.0 Å². The number of aromatic nitrogens is 4. The zero-order valence-electron chi connectivity index (χ0n) is 21.0. The Labute approximate surface area is 219 Å². The second kappa shape index (κ2) is 10.4. The number of piperidine rings is 1. The number of rotatable bonds is 6. The second-order valence-electron chi connectivity index (χ2n) is 9.37. The van der Waals surface area contributed by atoms with E-state index in [-0.39, 0.29) is 23.7 Å². The van der Waals surface area contributed by atoms with E-state index in [1.807, 2.05) is 28.9 Å². The van der Waals surface area contributed by atoms with Crippen molar-refractivity contribution < 1.29 is 14.0 Å². The molecule has 10 heteroatoms. The van der Waals surface area contributed by atoms with Gasteiger partial charge in [0.25, 0.3) is 5.91 Å². The number of amides is 2. The summed E-state index contributed by atoms with van der Waals surface area (Å²) in [5.41, 5.74) is 10.3. The van der Waals surface area contributed by atoms with Crippen molar-refractivity contribution in [3.8, 4) is 11.3 Å². The second-order valence-corrected chi connectivity index (χ2v) is 9.37. The standard InChI is InChI=1S/C28H28FN7O2/c1-3-23(37)35-12-4-5-21(15-35)36-27-24(26(30)32-16-33-27)25(34-36)19-8-6-18(7-9-19)14-31-28(38)22-11-10-20(29)13-17(22)2/h3,6-11,13,16,21H,1,4-5,12,14-15H2,2H3,(H,31,38)(H2,30,32,33)/t21-/m1/s1. The van der Waals surface area contributed by atoms with Crippen LogP contribution in [-0.4, -0.2) is 49.6 Å². The Bertz CT molecular complexity index is 1530. The normalized spacial score (nSPS) is 15.4. The minimum atomic E-state index is -0.373. The third-order valence-electron chi connectivity index (χ3n) is 6.86. The lowest BCUT2D eigenvalue weighted by Crippen LogP contribution is -2.40. The molecule has 1 atom stereocenters. The largest absolute Gasteiger partial charge is 0.383 e. The average Bonchev–Trinajstić information content (AvgIpc) is 3.33. The van der Waals surface area contributed by atoms with Gasteiger partial charge in [0.15, 0.2) is 5.65 Å². The van der Waals surface area contributed by atoms with Crippen LogP contribution in [0.1, 0.15) is 40.4 Å². The summed E-state index contributed by atoms with van der Waals surface area (Å²) in [6.45, 7) is 6.81. The smallest absolute Gasteiger partial charge is 0.251 e. The van der Waals surface area contributed by atoms with Crippen LogP contribution in [0.15, 0.2) is 61.4 Å². The summed E-state index contributed by atoms with van der Waals surface area (Å²) in [5.74, 6) is -0.408. The van der Waals surface area contributed by atoms with Gasteiger partial charge in [-0.2, -0.15) is 5.10 Å². The molecule has 1 aliphatic rings. The zero-order valence-corrected chi connectivity index (χ0v) is 21.0. The van der Waals surface area contributed by atoms with Crippen molar-refractivity contribution in [2.75, 3.05) is 18.8 Å². The SMILES string of the molecule is C=CC(=O)N1CCC[C@@H](n2nc(-c3ccc(CNC(=O)c4ccc(F)cc4C)cc3)c3c(N)ncnc32)C1. The van der Waals surface area contributed by atoms with E-state index in [0.29, 0.717) is 53.3 Å². The average molecular weight is 514 g/mol. The molecule has 3 heterocycles. The number of halogens is 1. The number of benzene rings is 2. The maximum Gasteiger partial charge on any atom is 0.251 e. The van der Waals surface area contributed by atoms with Crippen molar-refractivity contribution in [2.24, 2.45) is 0 Å². The molecule has 2 aromatic heterocycles. The molecule has 0 radical (unpaired) electrons. The van der Waals surface area contributed by atoms with Crippen LogP contribution in [0.2, 0.25) is 0 Å². The van der Waals surface area contributed by atoms with Gasteiger partial charge >= 0.3 is 0 Å². The molecule has 1 aliphatic heterocycles.